The molecule has 1 unspecified atom stereocenters. The highest BCUT2D eigenvalue weighted by atomic mass is 15.2. The highest BCUT2D eigenvalue weighted by molar-refractivity contribution is 5.29. The molecule has 0 radical (unpaired) electrons. The van der Waals surface area contributed by atoms with Crippen molar-refractivity contribution >= 4 is 0 Å². The zero-order chi connectivity index (χ0) is 13.2. The lowest BCUT2D eigenvalue weighted by Gasteiger charge is -2.29. The fourth-order valence-corrected chi connectivity index (χ4v) is 2.66. The molecule has 2 nitrogen and oxygen atoms in total. The Labute approximate surface area is 111 Å². The third kappa shape index (κ3) is 3.33. The van der Waals surface area contributed by atoms with E-state index in [1.807, 2.05) is 0 Å². The van der Waals surface area contributed by atoms with Gasteiger partial charge in [-0.15, -0.1) is 0 Å². The van der Waals surface area contributed by atoms with E-state index in [1.165, 1.54) is 30.4 Å². The Morgan fingerprint density at radius 2 is 2.06 bits per heavy atom. The molecule has 1 aliphatic carbocycles. The molecular formula is C16H26N2. The van der Waals surface area contributed by atoms with Crippen LogP contribution < -0.4 is 11.3 Å². The van der Waals surface area contributed by atoms with E-state index >= 15 is 0 Å². The molecule has 0 aliphatic heterocycles. The first kappa shape index (κ1) is 13.6. The second-order valence-electron chi connectivity index (χ2n) is 6.78. The van der Waals surface area contributed by atoms with Gasteiger partial charge in [0.2, 0.25) is 0 Å². The Morgan fingerprint density at radius 3 is 2.56 bits per heavy atom. The maximum Gasteiger partial charge on any atom is 0.0465 e. The van der Waals surface area contributed by atoms with Crippen LogP contribution in [0.3, 0.4) is 0 Å². The number of rotatable bonds is 4. The quantitative estimate of drug-likeness (QED) is 0.624. The third-order valence-corrected chi connectivity index (χ3v) is 3.91. The Kier molecular flexibility index (Phi) is 4.08. The van der Waals surface area contributed by atoms with Gasteiger partial charge in [0.15, 0.2) is 0 Å². The number of benzene rings is 1. The van der Waals surface area contributed by atoms with Crippen LogP contribution in [0.2, 0.25) is 0 Å². The van der Waals surface area contributed by atoms with Gasteiger partial charge in [-0.1, -0.05) is 51.5 Å². The van der Waals surface area contributed by atoms with Crippen LogP contribution >= 0.6 is 0 Å². The summed E-state index contributed by atoms with van der Waals surface area (Å²) in [7, 11) is 0. The molecule has 0 amide bonds. The van der Waals surface area contributed by atoms with Gasteiger partial charge in [-0.05, 0) is 41.7 Å². The predicted octanol–water partition coefficient (Wildman–Crippen LogP) is 3.89. The van der Waals surface area contributed by atoms with Gasteiger partial charge in [0.1, 0.15) is 0 Å². The molecule has 1 atom stereocenters. The van der Waals surface area contributed by atoms with Crippen molar-refractivity contribution < 1.29 is 0 Å². The van der Waals surface area contributed by atoms with E-state index in [0.717, 1.165) is 12.3 Å². The van der Waals surface area contributed by atoms with Crippen molar-refractivity contribution in [3.05, 3.63) is 35.4 Å². The molecule has 0 saturated heterocycles. The first-order valence-corrected chi connectivity index (χ1v) is 7.05. The van der Waals surface area contributed by atoms with Crippen molar-refractivity contribution in [2.75, 3.05) is 0 Å². The summed E-state index contributed by atoms with van der Waals surface area (Å²) in [4.78, 5) is 0. The van der Waals surface area contributed by atoms with Crippen LogP contribution in [0.4, 0.5) is 0 Å². The Bertz CT molecular complexity index is 388. The molecule has 0 bridgehead atoms. The van der Waals surface area contributed by atoms with Crippen LogP contribution in [-0.4, -0.2) is 0 Å². The molecule has 1 saturated carbocycles. The Hall–Kier alpha value is -0.860. The SMILES string of the molecule is CC(C)(C)CC(NN)c1cccc(C2CCC2)c1. The minimum Gasteiger partial charge on any atom is -0.271 e. The highest BCUT2D eigenvalue weighted by Gasteiger charge is 2.22. The predicted molar refractivity (Wildman–Crippen MR) is 77.2 cm³/mol. The zero-order valence-corrected chi connectivity index (χ0v) is 11.9. The minimum atomic E-state index is 0.255. The number of hydrogen-bond donors (Lipinski definition) is 2. The number of hydrazine groups is 1. The average Bonchev–Trinajstić information content (AvgIpc) is 2.23. The lowest BCUT2D eigenvalue weighted by molar-refractivity contribution is 0.313. The van der Waals surface area contributed by atoms with Crippen LogP contribution in [0.15, 0.2) is 24.3 Å². The average molecular weight is 246 g/mol. The van der Waals surface area contributed by atoms with Crippen molar-refractivity contribution in [3.63, 3.8) is 0 Å². The van der Waals surface area contributed by atoms with Gasteiger partial charge >= 0.3 is 0 Å². The molecule has 1 aliphatic rings. The Morgan fingerprint density at radius 1 is 1.33 bits per heavy atom. The monoisotopic (exact) mass is 246 g/mol. The van der Waals surface area contributed by atoms with E-state index in [1.54, 1.807) is 0 Å². The van der Waals surface area contributed by atoms with Gasteiger partial charge in [-0.25, -0.2) is 0 Å². The lowest BCUT2D eigenvalue weighted by Crippen LogP contribution is -2.31. The third-order valence-electron chi connectivity index (χ3n) is 3.91. The first-order chi connectivity index (χ1) is 8.49. The summed E-state index contributed by atoms with van der Waals surface area (Å²) in [5.41, 5.74) is 6.08. The number of nitrogens with two attached hydrogens (primary N) is 1. The largest absolute Gasteiger partial charge is 0.271 e. The van der Waals surface area contributed by atoms with Crippen molar-refractivity contribution in [1.82, 2.24) is 5.43 Å². The topological polar surface area (TPSA) is 38.0 Å². The lowest BCUT2D eigenvalue weighted by atomic mass is 9.78. The second-order valence-corrected chi connectivity index (χ2v) is 6.78. The first-order valence-electron chi connectivity index (χ1n) is 7.05. The summed E-state index contributed by atoms with van der Waals surface area (Å²) in [6.45, 7) is 6.77. The standard InChI is InChI=1S/C16H26N2/c1-16(2,3)11-15(18-17)14-9-5-8-13(10-14)12-6-4-7-12/h5,8-10,12,15,18H,4,6-7,11,17H2,1-3H3. The van der Waals surface area contributed by atoms with Crippen molar-refractivity contribution in [1.29, 1.82) is 0 Å². The van der Waals surface area contributed by atoms with Crippen molar-refractivity contribution in [2.45, 2.75) is 58.4 Å². The van der Waals surface area contributed by atoms with Gasteiger partial charge in [0, 0.05) is 6.04 Å². The molecule has 0 aromatic heterocycles. The van der Waals surface area contributed by atoms with E-state index in [4.69, 9.17) is 5.84 Å². The fraction of sp³-hybridized carbons (Fsp3) is 0.625. The van der Waals surface area contributed by atoms with Gasteiger partial charge in [-0.3, -0.25) is 11.3 Å². The summed E-state index contributed by atoms with van der Waals surface area (Å²) < 4.78 is 0. The zero-order valence-electron chi connectivity index (χ0n) is 11.9. The van der Waals surface area contributed by atoms with Crippen LogP contribution in [0.5, 0.6) is 0 Å². The molecule has 1 aromatic carbocycles. The summed E-state index contributed by atoms with van der Waals surface area (Å²) in [6.07, 6.45) is 5.14. The summed E-state index contributed by atoms with van der Waals surface area (Å²) in [5, 5.41) is 0. The van der Waals surface area contributed by atoms with Gasteiger partial charge in [0.25, 0.3) is 0 Å². The second kappa shape index (κ2) is 5.41. The van der Waals surface area contributed by atoms with Crippen molar-refractivity contribution in [2.24, 2.45) is 11.3 Å². The molecule has 18 heavy (non-hydrogen) atoms. The molecule has 2 heteroatoms. The summed E-state index contributed by atoms with van der Waals surface area (Å²) in [5.74, 6) is 6.52. The molecule has 100 valence electrons. The van der Waals surface area contributed by atoms with Crippen molar-refractivity contribution in [3.8, 4) is 0 Å². The van der Waals surface area contributed by atoms with Crippen LogP contribution in [0, 0.1) is 5.41 Å². The van der Waals surface area contributed by atoms with E-state index in [9.17, 15) is 0 Å². The van der Waals surface area contributed by atoms with Crippen LogP contribution in [0.1, 0.15) is 69.5 Å². The normalized spacial score (nSPS) is 18.4. The van der Waals surface area contributed by atoms with Gasteiger partial charge in [0.05, 0.1) is 0 Å². The fourth-order valence-electron chi connectivity index (χ4n) is 2.66. The highest BCUT2D eigenvalue weighted by Crippen LogP contribution is 2.37. The Balaban J connectivity index is 2.14. The van der Waals surface area contributed by atoms with E-state index in [0.29, 0.717) is 0 Å². The molecule has 2 rings (SSSR count). The summed E-state index contributed by atoms with van der Waals surface area (Å²) in [6, 6.07) is 9.23. The molecule has 1 aromatic rings. The molecular weight excluding hydrogens is 220 g/mol. The number of nitrogens with one attached hydrogen (secondary N) is 1. The molecule has 1 fully saturated rings. The summed E-state index contributed by atoms with van der Waals surface area (Å²) >= 11 is 0. The maximum absolute atomic E-state index is 5.73. The van der Waals surface area contributed by atoms with E-state index in [-0.39, 0.29) is 11.5 Å². The molecule has 0 heterocycles. The van der Waals surface area contributed by atoms with Gasteiger partial charge in [-0.2, -0.15) is 0 Å². The molecule has 3 N–H and O–H groups in total. The van der Waals surface area contributed by atoms with E-state index < -0.39 is 0 Å². The molecule has 0 spiro atoms. The van der Waals surface area contributed by atoms with Crippen LogP contribution in [-0.2, 0) is 0 Å². The smallest absolute Gasteiger partial charge is 0.0465 e. The minimum absolute atomic E-state index is 0.255. The van der Waals surface area contributed by atoms with E-state index in [2.05, 4.69) is 50.5 Å². The van der Waals surface area contributed by atoms with Gasteiger partial charge < -0.3 is 0 Å². The number of hydrogen-bond acceptors (Lipinski definition) is 2. The maximum atomic E-state index is 5.73. The van der Waals surface area contributed by atoms with Crippen LogP contribution in [0.25, 0.3) is 0 Å².